The lowest BCUT2D eigenvalue weighted by atomic mass is 9.88. The summed E-state index contributed by atoms with van der Waals surface area (Å²) in [6.07, 6.45) is 3.38. The van der Waals surface area contributed by atoms with Gasteiger partial charge in [0.15, 0.2) is 0 Å². The van der Waals surface area contributed by atoms with Gasteiger partial charge >= 0.3 is 0 Å². The summed E-state index contributed by atoms with van der Waals surface area (Å²) >= 11 is 0. The largest absolute Gasteiger partial charge is 0.496 e. The quantitative estimate of drug-likeness (QED) is 0.778. The second-order valence-electron chi connectivity index (χ2n) is 3.53. The average molecular weight is 214 g/mol. The van der Waals surface area contributed by atoms with Crippen molar-refractivity contribution in [3.63, 3.8) is 0 Å². The third-order valence-electron chi connectivity index (χ3n) is 2.73. The first-order chi connectivity index (χ1) is 6.33. The maximum Gasteiger partial charge on any atom is 0.122 e. The van der Waals surface area contributed by atoms with Gasteiger partial charge in [0, 0.05) is 6.04 Å². The smallest absolute Gasteiger partial charge is 0.122 e. The molecule has 1 aliphatic rings. The van der Waals surface area contributed by atoms with Gasteiger partial charge in [-0.25, -0.2) is 0 Å². The molecule has 1 aromatic carbocycles. The minimum atomic E-state index is 0. The predicted octanol–water partition coefficient (Wildman–Crippen LogP) is 2.45. The Morgan fingerprint density at radius 1 is 1.43 bits per heavy atom. The molecule has 0 saturated heterocycles. The number of hydrogen-bond acceptors (Lipinski definition) is 2. The van der Waals surface area contributed by atoms with Crippen LogP contribution in [0.1, 0.15) is 30.0 Å². The molecule has 0 saturated carbocycles. The van der Waals surface area contributed by atoms with Gasteiger partial charge in [0.1, 0.15) is 5.75 Å². The Hall–Kier alpha value is -0.730. The van der Waals surface area contributed by atoms with E-state index in [1.165, 1.54) is 17.5 Å². The molecule has 1 aromatic rings. The number of halogens is 1. The van der Waals surface area contributed by atoms with Crippen molar-refractivity contribution in [1.29, 1.82) is 0 Å². The molecule has 14 heavy (non-hydrogen) atoms. The van der Waals surface area contributed by atoms with E-state index in [9.17, 15) is 0 Å². The molecule has 0 amide bonds. The predicted molar refractivity (Wildman–Crippen MR) is 60.1 cm³/mol. The van der Waals surface area contributed by atoms with Gasteiger partial charge in [-0.2, -0.15) is 0 Å². The van der Waals surface area contributed by atoms with Crippen molar-refractivity contribution in [3.05, 3.63) is 29.3 Å². The van der Waals surface area contributed by atoms with Crippen molar-refractivity contribution in [2.24, 2.45) is 5.73 Å². The summed E-state index contributed by atoms with van der Waals surface area (Å²) < 4.78 is 5.31. The number of methoxy groups -OCH3 is 1. The normalized spacial score (nSPS) is 19.4. The van der Waals surface area contributed by atoms with Crippen LogP contribution in [0, 0.1) is 0 Å². The second-order valence-corrected chi connectivity index (χ2v) is 3.53. The Balaban J connectivity index is 0.000000980. The van der Waals surface area contributed by atoms with Crippen molar-refractivity contribution >= 4 is 12.4 Å². The highest BCUT2D eigenvalue weighted by Crippen LogP contribution is 2.33. The van der Waals surface area contributed by atoms with Crippen molar-refractivity contribution in [2.45, 2.75) is 25.3 Å². The summed E-state index contributed by atoms with van der Waals surface area (Å²) in [5.41, 5.74) is 8.59. The Kier molecular flexibility index (Phi) is 3.78. The minimum absolute atomic E-state index is 0. The maximum absolute atomic E-state index is 6.01. The van der Waals surface area contributed by atoms with E-state index in [0.29, 0.717) is 0 Å². The topological polar surface area (TPSA) is 35.2 Å². The fourth-order valence-electron chi connectivity index (χ4n) is 2.04. The van der Waals surface area contributed by atoms with Crippen LogP contribution >= 0.6 is 12.4 Å². The molecule has 0 aromatic heterocycles. The third-order valence-corrected chi connectivity index (χ3v) is 2.73. The van der Waals surface area contributed by atoms with Crippen LogP contribution in [0.25, 0.3) is 0 Å². The molecular weight excluding hydrogens is 198 g/mol. The van der Waals surface area contributed by atoms with Crippen LogP contribution in [0.4, 0.5) is 0 Å². The zero-order valence-electron chi connectivity index (χ0n) is 8.32. The van der Waals surface area contributed by atoms with E-state index in [-0.39, 0.29) is 18.4 Å². The van der Waals surface area contributed by atoms with Crippen LogP contribution in [0.3, 0.4) is 0 Å². The van der Waals surface area contributed by atoms with E-state index in [0.717, 1.165) is 18.6 Å². The van der Waals surface area contributed by atoms with Gasteiger partial charge in [-0.05, 0) is 36.5 Å². The van der Waals surface area contributed by atoms with E-state index in [4.69, 9.17) is 10.5 Å². The lowest BCUT2D eigenvalue weighted by molar-refractivity contribution is 0.403. The number of nitrogens with two attached hydrogens (primary N) is 1. The molecule has 0 radical (unpaired) electrons. The van der Waals surface area contributed by atoms with Gasteiger partial charge in [0.2, 0.25) is 0 Å². The van der Waals surface area contributed by atoms with Gasteiger partial charge in [0.05, 0.1) is 7.11 Å². The number of benzene rings is 1. The van der Waals surface area contributed by atoms with Gasteiger partial charge in [0.25, 0.3) is 0 Å². The van der Waals surface area contributed by atoms with Gasteiger partial charge in [-0.3, -0.25) is 0 Å². The monoisotopic (exact) mass is 213 g/mol. The molecule has 0 aliphatic heterocycles. The van der Waals surface area contributed by atoms with Crippen molar-refractivity contribution in [3.8, 4) is 5.75 Å². The first-order valence-corrected chi connectivity index (χ1v) is 4.74. The second kappa shape index (κ2) is 4.67. The molecule has 3 heteroatoms. The van der Waals surface area contributed by atoms with E-state index < -0.39 is 0 Å². The molecule has 0 unspecified atom stereocenters. The molecule has 2 nitrogen and oxygen atoms in total. The highest BCUT2D eigenvalue weighted by molar-refractivity contribution is 5.85. The van der Waals surface area contributed by atoms with E-state index in [2.05, 4.69) is 6.07 Å². The summed E-state index contributed by atoms with van der Waals surface area (Å²) in [6.45, 7) is 0. The van der Waals surface area contributed by atoms with Crippen LogP contribution < -0.4 is 10.5 Å². The summed E-state index contributed by atoms with van der Waals surface area (Å²) in [5.74, 6) is 0.993. The highest BCUT2D eigenvalue weighted by Gasteiger charge is 2.19. The van der Waals surface area contributed by atoms with Crippen LogP contribution in [0.15, 0.2) is 18.2 Å². The molecule has 1 aliphatic carbocycles. The number of rotatable bonds is 1. The maximum atomic E-state index is 6.01. The fraction of sp³-hybridized carbons (Fsp3) is 0.455. The van der Waals surface area contributed by atoms with Gasteiger partial charge in [-0.15, -0.1) is 12.4 Å². The molecular formula is C11H16ClNO. The zero-order chi connectivity index (χ0) is 9.26. The first kappa shape index (κ1) is 11.3. The molecule has 2 rings (SSSR count). The van der Waals surface area contributed by atoms with Gasteiger partial charge < -0.3 is 10.5 Å². The van der Waals surface area contributed by atoms with Crippen LogP contribution in [0.5, 0.6) is 5.75 Å². The lowest BCUT2D eigenvalue weighted by Gasteiger charge is -2.23. The molecule has 78 valence electrons. The molecule has 2 N–H and O–H groups in total. The van der Waals surface area contributed by atoms with E-state index in [1.54, 1.807) is 7.11 Å². The highest BCUT2D eigenvalue weighted by atomic mass is 35.5. The summed E-state index contributed by atoms with van der Waals surface area (Å²) in [4.78, 5) is 0. The number of fused-ring (bicyclic) bond motifs is 1. The van der Waals surface area contributed by atoms with Crippen LogP contribution in [-0.2, 0) is 6.42 Å². The fourth-order valence-corrected chi connectivity index (χ4v) is 2.04. The molecule has 1 atom stereocenters. The molecule has 0 heterocycles. The molecule has 0 spiro atoms. The molecule has 0 fully saturated rings. The number of hydrogen-bond donors (Lipinski definition) is 1. The molecule has 0 bridgehead atoms. The Morgan fingerprint density at radius 3 is 2.93 bits per heavy atom. The van der Waals surface area contributed by atoms with Crippen molar-refractivity contribution < 1.29 is 4.74 Å². The lowest BCUT2D eigenvalue weighted by Crippen LogP contribution is -2.17. The third kappa shape index (κ3) is 1.86. The number of ether oxygens (including phenoxy) is 1. The Labute approximate surface area is 90.9 Å². The standard InChI is InChI=1S/C11H15NO.ClH/c1-13-11-7-3-4-8-9(11)5-2-6-10(8)12;/h3-4,7,10H,2,5-6,12H2,1H3;1H/t10-;/m1./s1. The SMILES string of the molecule is COc1cccc2c1CCC[C@H]2N.Cl. The van der Waals surface area contributed by atoms with Gasteiger partial charge in [-0.1, -0.05) is 12.1 Å². The Morgan fingerprint density at radius 2 is 2.21 bits per heavy atom. The first-order valence-electron chi connectivity index (χ1n) is 4.74. The summed E-state index contributed by atoms with van der Waals surface area (Å²) in [6, 6.07) is 6.35. The minimum Gasteiger partial charge on any atom is -0.496 e. The Bertz CT molecular complexity index is 314. The van der Waals surface area contributed by atoms with Crippen molar-refractivity contribution in [1.82, 2.24) is 0 Å². The van der Waals surface area contributed by atoms with E-state index >= 15 is 0 Å². The summed E-state index contributed by atoms with van der Waals surface area (Å²) in [7, 11) is 1.72. The van der Waals surface area contributed by atoms with Crippen LogP contribution in [0.2, 0.25) is 0 Å². The zero-order valence-corrected chi connectivity index (χ0v) is 9.14. The van der Waals surface area contributed by atoms with Crippen molar-refractivity contribution in [2.75, 3.05) is 7.11 Å². The average Bonchev–Trinajstić information content (AvgIpc) is 2.18. The van der Waals surface area contributed by atoms with E-state index in [1.807, 2.05) is 12.1 Å². The summed E-state index contributed by atoms with van der Waals surface area (Å²) in [5, 5.41) is 0. The van der Waals surface area contributed by atoms with Crippen LogP contribution in [-0.4, -0.2) is 7.11 Å².